The van der Waals surface area contributed by atoms with Crippen molar-refractivity contribution in [1.29, 1.82) is 0 Å². The van der Waals surface area contributed by atoms with Crippen LogP contribution in [0.3, 0.4) is 0 Å². The summed E-state index contributed by atoms with van der Waals surface area (Å²) in [6.07, 6.45) is 4.40. The molecule has 0 radical (unpaired) electrons. The number of aromatic nitrogens is 2. The van der Waals surface area contributed by atoms with Gasteiger partial charge in [-0.25, -0.2) is 9.97 Å². The van der Waals surface area contributed by atoms with Gasteiger partial charge in [0.05, 0.1) is 0 Å². The molecule has 0 fully saturated rings. The number of hydrogen-bond donors (Lipinski definition) is 1. The lowest BCUT2D eigenvalue weighted by Crippen LogP contribution is -2.03. The SMILES string of the molecule is NCCc1cnc(-c2ccc3c(c2)OCO3)nc1. The van der Waals surface area contributed by atoms with E-state index in [0.717, 1.165) is 29.0 Å². The van der Waals surface area contributed by atoms with Gasteiger partial charge in [-0.15, -0.1) is 0 Å². The van der Waals surface area contributed by atoms with Crippen LogP contribution in [0.5, 0.6) is 11.5 Å². The van der Waals surface area contributed by atoms with Crippen LogP contribution in [-0.2, 0) is 6.42 Å². The Hall–Kier alpha value is -2.14. The van der Waals surface area contributed by atoms with Crippen molar-refractivity contribution < 1.29 is 9.47 Å². The zero-order chi connectivity index (χ0) is 12.4. The Bertz CT molecular complexity index is 555. The Morgan fingerprint density at radius 2 is 1.89 bits per heavy atom. The Balaban J connectivity index is 1.90. The van der Waals surface area contributed by atoms with E-state index < -0.39 is 0 Å². The van der Waals surface area contributed by atoms with E-state index in [1.807, 2.05) is 18.2 Å². The summed E-state index contributed by atoms with van der Waals surface area (Å²) in [6, 6.07) is 5.68. The molecule has 5 heteroatoms. The minimum absolute atomic E-state index is 0.273. The summed E-state index contributed by atoms with van der Waals surface area (Å²) in [4.78, 5) is 8.66. The number of nitrogens with two attached hydrogens (primary N) is 1. The molecular weight excluding hydrogens is 230 g/mol. The average Bonchev–Trinajstić information content (AvgIpc) is 2.87. The van der Waals surface area contributed by atoms with Crippen LogP contribution in [-0.4, -0.2) is 23.3 Å². The van der Waals surface area contributed by atoms with Gasteiger partial charge in [0.2, 0.25) is 6.79 Å². The predicted molar refractivity (Wildman–Crippen MR) is 66.3 cm³/mol. The molecule has 0 atom stereocenters. The molecule has 0 amide bonds. The van der Waals surface area contributed by atoms with Crippen molar-refractivity contribution in [3.63, 3.8) is 0 Å². The van der Waals surface area contributed by atoms with Crippen molar-refractivity contribution in [2.24, 2.45) is 5.73 Å². The number of benzene rings is 1. The number of ether oxygens (including phenoxy) is 2. The first-order valence-corrected chi connectivity index (χ1v) is 5.78. The van der Waals surface area contributed by atoms with Crippen LogP contribution in [0.1, 0.15) is 5.56 Å². The number of fused-ring (bicyclic) bond motifs is 1. The van der Waals surface area contributed by atoms with Crippen molar-refractivity contribution >= 4 is 0 Å². The quantitative estimate of drug-likeness (QED) is 0.881. The van der Waals surface area contributed by atoms with Gasteiger partial charge in [0.15, 0.2) is 17.3 Å². The normalized spacial score (nSPS) is 12.7. The van der Waals surface area contributed by atoms with Crippen LogP contribution >= 0.6 is 0 Å². The molecule has 0 aliphatic carbocycles. The highest BCUT2D eigenvalue weighted by Crippen LogP contribution is 2.34. The molecule has 92 valence electrons. The molecule has 3 rings (SSSR count). The van der Waals surface area contributed by atoms with Gasteiger partial charge in [0.25, 0.3) is 0 Å². The van der Waals surface area contributed by atoms with Gasteiger partial charge in [-0.05, 0) is 36.7 Å². The Labute approximate surface area is 105 Å². The molecule has 0 unspecified atom stereocenters. The number of nitrogens with zero attached hydrogens (tertiary/aromatic N) is 2. The fourth-order valence-electron chi connectivity index (χ4n) is 1.84. The van der Waals surface area contributed by atoms with E-state index in [-0.39, 0.29) is 6.79 Å². The van der Waals surface area contributed by atoms with Crippen molar-refractivity contribution in [1.82, 2.24) is 9.97 Å². The van der Waals surface area contributed by atoms with Crippen LogP contribution in [0.15, 0.2) is 30.6 Å². The predicted octanol–water partition coefficient (Wildman–Crippen LogP) is 1.37. The number of hydrogen-bond acceptors (Lipinski definition) is 5. The molecule has 1 aromatic carbocycles. The van der Waals surface area contributed by atoms with E-state index in [1.54, 1.807) is 12.4 Å². The largest absolute Gasteiger partial charge is 0.454 e. The summed E-state index contributed by atoms with van der Waals surface area (Å²) in [5.41, 5.74) is 7.44. The molecular formula is C13H13N3O2. The van der Waals surface area contributed by atoms with Gasteiger partial charge in [0.1, 0.15) is 0 Å². The average molecular weight is 243 g/mol. The van der Waals surface area contributed by atoms with Crippen molar-refractivity contribution in [3.05, 3.63) is 36.2 Å². The van der Waals surface area contributed by atoms with Gasteiger partial charge in [-0.3, -0.25) is 0 Å². The highest BCUT2D eigenvalue weighted by atomic mass is 16.7. The highest BCUT2D eigenvalue weighted by molar-refractivity contribution is 5.61. The summed E-state index contributed by atoms with van der Waals surface area (Å²) >= 11 is 0. The highest BCUT2D eigenvalue weighted by Gasteiger charge is 2.14. The molecule has 2 N–H and O–H groups in total. The van der Waals surface area contributed by atoms with E-state index in [9.17, 15) is 0 Å². The third-order valence-corrected chi connectivity index (χ3v) is 2.77. The van der Waals surface area contributed by atoms with Crippen molar-refractivity contribution in [3.8, 4) is 22.9 Å². The first kappa shape index (κ1) is 11.0. The van der Waals surface area contributed by atoms with Crippen molar-refractivity contribution in [2.45, 2.75) is 6.42 Å². The van der Waals surface area contributed by atoms with E-state index in [2.05, 4.69) is 9.97 Å². The third kappa shape index (κ3) is 2.00. The molecule has 1 aromatic heterocycles. The van der Waals surface area contributed by atoms with Crippen LogP contribution in [0, 0.1) is 0 Å². The molecule has 18 heavy (non-hydrogen) atoms. The molecule has 0 spiro atoms. The minimum atomic E-state index is 0.273. The van der Waals surface area contributed by atoms with Crippen molar-refractivity contribution in [2.75, 3.05) is 13.3 Å². The molecule has 1 aliphatic rings. The standard InChI is InChI=1S/C13H13N3O2/c14-4-3-9-6-15-13(16-7-9)10-1-2-11-12(5-10)18-8-17-11/h1-2,5-7H,3-4,8,14H2. The zero-order valence-electron chi connectivity index (χ0n) is 9.80. The summed E-state index contributed by atoms with van der Waals surface area (Å²) < 4.78 is 10.6. The third-order valence-electron chi connectivity index (χ3n) is 2.77. The van der Waals surface area contributed by atoms with Crippen LogP contribution in [0.4, 0.5) is 0 Å². The zero-order valence-corrected chi connectivity index (χ0v) is 9.80. The Morgan fingerprint density at radius 3 is 2.67 bits per heavy atom. The summed E-state index contributed by atoms with van der Waals surface area (Å²) in [5.74, 6) is 2.18. The first-order valence-electron chi connectivity index (χ1n) is 5.78. The van der Waals surface area contributed by atoms with E-state index >= 15 is 0 Å². The van der Waals surface area contributed by atoms with E-state index in [0.29, 0.717) is 12.4 Å². The van der Waals surface area contributed by atoms with Gasteiger partial charge in [-0.1, -0.05) is 0 Å². The molecule has 0 saturated carbocycles. The Kier molecular flexibility index (Phi) is 2.82. The fourth-order valence-corrected chi connectivity index (χ4v) is 1.84. The van der Waals surface area contributed by atoms with Gasteiger partial charge < -0.3 is 15.2 Å². The van der Waals surface area contributed by atoms with E-state index in [1.165, 1.54) is 0 Å². The number of rotatable bonds is 3. The van der Waals surface area contributed by atoms with Gasteiger partial charge in [0, 0.05) is 18.0 Å². The lowest BCUT2D eigenvalue weighted by Gasteiger charge is -2.03. The monoisotopic (exact) mass is 243 g/mol. The molecule has 0 saturated heterocycles. The maximum atomic E-state index is 5.49. The second-order valence-corrected chi connectivity index (χ2v) is 4.02. The molecule has 0 bridgehead atoms. The summed E-state index contributed by atoms with van der Waals surface area (Å²) in [5, 5.41) is 0. The minimum Gasteiger partial charge on any atom is -0.454 e. The maximum absolute atomic E-state index is 5.49. The second kappa shape index (κ2) is 4.62. The smallest absolute Gasteiger partial charge is 0.231 e. The van der Waals surface area contributed by atoms with Gasteiger partial charge in [-0.2, -0.15) is 0 Å². The molecule has 5 nitrogen and oxygen atoms in total. The topological polar surface area (TPSA) is 70.3 Å². The molecule has 1 aliphatic heterocycles. The summed E-state index contributed by atoms with van der Waals surface area (Å²) in [6.45, 7) is 0.877. The van der Waals surface area contributed by atoms with E-state index in [4.69, 9.17) is 15.2 Å². The fraction of sp³-hybridized carbons (Fsp3) is 0.231. The summed E-state index contributed by atoms with van der Waals surface area (Å²) in [7, 11) is 0. The van der Waals surface area contributed by atoms with Crippen LogP contribution in [0.2, 0.25) is 0 Å². The molecule has 2 heterocycles. The van der Waals surface area contributed by atoms with Crippen LogP contribution in [0.25, 0.3) is 11.4 Å². The second-order valence-electron chi connectivity index (χ2n) is 4.02. The Morgan fingerprint density at radius 1 is 1.11 bits per heavy atom. The molecule has 2 aromatic rings. The first-order chi connectivity index (χ1) is 8.86. The van der Waals surface area contributed by atoms with Gasteiger partial charge >= 0.3 is 0 Å². The lowest BCUT2D eigenvalue weighted by molar-refractivity contribution is 0.174. The maximum Gasteiger partial charge on any atom is 0.231 e. The lowest BCUT2D eigenvalue weighted by atomic mass is 10.2. The van der Waals surface area contributed by atoms with Crippen LogP contribution < -0.4 is 15.2 Å².